The summed E-state index contributed by atoms with van der Waals surface area (Å²) in [5.74, 6) is -0.540. The van der Waals surface area contributed by atoms with Gasteiger partial charge < -0.3 is 15.3 Å². The number of carboxylic acids is 1. The molecule has 1 aliphatic rings. The molecule has 0 spiro atoms. The van der Waals surface area contributed by atoms with Gasteiger partial charge in [-0.3, -0.25) is 9.69 Å². The maximum atomic E-state index is 13.8. The van der Waals surface area contributed by atoms with Gasteiger partial charge in [0, 0.05) is 17.7 Å². The lowest BCUT2D eigenvalue weighted by molar-refractivity contribution is -0.138. The number of nitrogens with one attached hydrogen (secondary N) is 1. The zero-order valence-electron chi connectivity index (χ0n) is 18.2. The van der Waals surface area contributed by atoms with E-state index in [-0.39, 0.29) is 12.1 Å². The summed E-state index contributed by atoms with van der Waals surface area (Å²) >= 11 is 0. The van der Waals surface area contributed by atoms with Gasteiger partial charge in [-0.25, -0.2) is 0 Å². The molecule has 0 bridgehead atoms. The van der Waals surface area contributed by atoms with Crippen molar-refractivity contribution in [2.24, 2.45) is 5.16 Å². The zero-order valence-corrected chi connectivity index (χ0v) is 18.2. The largest absolute Gasteiger partial charge is 0.480 e. The van der Waals surface area contributed by atoms with Crippen molar-refractivity contribution in [3.63, 3.8) is 0 Å². The smallest absolute Gasteiger partial charge is 0.417 e. The maximum absolute atomic E-state index is 13.8. The Bertz CT molecular complexity index is 1210. The molecule has 0 saturated heterocycles. The van der Waals surface area contributed by atoms with Crippen molar-refractivity contribution in [1.29, 1.82) is 0 Å². The summed E-state index contributed by atoms with van der Waals surface area (Å²) in [6, 6.07) is 19.8. The Morgan fingerprint density at radius 1 is 1.06 bits per heavy atom. The molecule has 0 amide bonds. The topological polar surface area (TPSA) is 74.2 Å². The molecular formula is C25H22F3N3O3. The fourth-order valence-corrected chi connectivity index (χ4v) is 3.81. The second kappa shape index (κ2) is 9.56. The van der Waals surface area contributed by atoms with E-state index in [4.69, 9.17) is 9.94 Å². The summed E-state index contributed by atoms with van der Waals surface area (Å²) < 4.78 is 41.5. The van der Waals surface area contributed by atoms with Crippen molar-refractivity contribution in [2.45, 2.75) is 18.9 Å². The predicted octanol–water partition coefficient (Wildman–Crippen LogP) is 4.87. The molecule has 6 nitrogen and oxygen atoms in total. The first kappa shape index (κ1) is 23.3. The number of nitrogens with zero attached hydrogens (tertiary/aromatic N) is 2. The first-order valence-corrected chi connectivity index (χ1v) is 10.5. The van der Waals surface area contributed by atoms with Crippen LogP contribution in [0.5, 0.6) is 0 Å². The van der Waals surface area contributed by atoms with Gasteiger partial charge in [0.15, 0.2) is 5.84 Å². The number of likely N-dealkylation sites (N-methyl/N-ethyl adjacent to an activating group) is 1. The summed E-state index contributed by atoms with van der Waals surface area (Å²) in [4.78, 5) is 17.9. The molecule has 9 heteroatoms. The van der Waals surface area contributed by atoms with Crippen molar-refractivity contribution >= 4 is 11.8 Å². The first-order valence-electron chi connectivity index (χ1n) is 10.5. The second-order valence-electron chi connectivity index (χ2n) is 8.00. The monoisotopic (exact) mass is 469 g/mol. The molecule has 176 valence electrons. The van der Waals surface area contributed by atoms with Crippen LogP contribution in [0.25, 0.3) is 11.1 Å². The number of halogens is 3. The van der Waals surface area contributed by atoms with Crippen molar-refractivity contribution in [2.75, 3.05) is 13.6 Å². The fourth-order valence-electron chi connectivity index (χ4n) is 3.81. The lowest BCUT2D eigenvalue weighted by Crippen LogP contribution is -2.26. The third kappa shape index (κ3) is 5.37. The van der Waals surface area contributed by atoms with E-state index in [2.05, 4.69) is 10.5 Å². The molecule has 3 aromatic rings. The van der Waals surface area contributed by atoms with E-state index in [0.717, 1.165) is 11.6 Å². The molecule has 0 aliphatic carbocycles. The van der Waals surface area contributed by atoms with Crippen molar-refractivity contribution in [1.82, 2.24) is 10.2 Å². The molecule has 0 saturated carbocycles. The Labute approximate surface area is 194 Å². The highest BCUT2D eigenvalue weighted by Gasteiger charge is 2.35. The number of carboxylic acid groups (broad SMARTS) is 1. The van der Waals surface area contributed by atoms with Crippen LogP contribution < -0.4 is 5.32 Å². The van der Waals surface area contributed by atoms with Crippen LogP contribution in [0.2, 0.25) is 0 Å². The van der Waals surface area contributed by atoms with E-state index >= 15 is 0 Å². The number of alkyl halides is 3. The van der Waals surface area contributed by atoms with E-state index in [1.165, 1.54) is 6.07 Å². The van der Waals surface area contributed by atoms with Crippen LogP contribution in [0, 0.1) is 0 Å². The number of rotatable bonds is 7. The molecule has 34 heavy (non-hydrogen) atoms. The Morgan fingerprint density at radius 3 is 2.50 bits per heavy atom. The summed E-state index contributed by atoms with van der Waals surface area (Å²) in [5, 5.41) is 16.0. The Hall–Kier alpha value is -3.85. The van der Waals surface area contributed by atoms with Crippen LogP contribution in [-0.4, -0.2) is 35.4 Å². The van der Waals surface area contributed by atoms with Crippen molar-refractivity contribution in [3.8, 4) is 11.1 Å². The minimum absolute atomic E-state index is 0.0918. The highest BCUT2D eigenvalue weighted by atomic mass is 19.4. The van der Waals surface area contributed by atoms with Crippen LogP contribution in [0.4, 0.5) is 13.2 Å². The number of carbonyl (C=O) groups is 1. The normalized spacial score (nSPS) is 15.6. The molecule has 3 aromatic carbocycles. The summed E-state index contributed by atoms with van der Waals surface area (Å²) in [6.45, 7) is 0.308. The molecule has 1 heterocycles. The summed E-state index contributed by atoms with van der Waals surface area (Å²) in [6.07, 6.45) is -5.42. The van der Waals surface area contributed by atoms with Gasteiger partial charge in [-0.1, -0.05) is 65.8 Å². The standard InChI is InChI=1S/C25H22F3N3O3/c1-31(15-22(32)33)14-16-6-5-9-18(12-16)23-29-24(34-30-23)19-10-11-20(17-7-3-2-4-8-17)21(13-19)25(26,27)28/h2-13,24H,14-15H2,1H3,(H,29,30)(H,32,33). The molecule has 1 aliphatic heterocycles. The molecule has 2 N–H and O–H groups in total. The van der Waals surface area contributed by atoms with Crippen molar-refractivity contribution < 1.29 is 27.9 Å². The lowest BCUT2D eigenvalue weighted by atomic mass is 9.96. The molecular weight excluding hydrogens is 447 g/mol. The summed E-state index contributed by atoms with van der Waals surface area (Å²) in [5.41, 5.74) is 1.65. The maximum Gasteiger partial charge on any atom is 0.417 e. The van der Waals surface area contributed by atoms with Gasteiger partial charge in [0.2, 0.25) is 6.23 Å². The van der Waals surface area contributed by atoms with Crippen LogP contribution in [-0.2, 0) is 22.4 Å². The van der Waals surface area contributed by atoms with Crippen LogP contribution in [0.15, 0.2) is 78.0 Å². The number of benzene rings is 3. The highest BCUT2D eigenvalue weighted by Crippen LogP contribution is 2.39. The SMILES string of the molecule is CN(CC(=O)O)Cc1cccc(C2=NOC(c3ccc(-c4ccccc4)c(C(F)(F)F)c3)N2)c1. The lowest BCUT2D eigenvalue weighted by Gasteiger charge is -2.17. The van der Waals surface area contributed by atoms with Gasteiger partial charge >= 0.3 is 12.1 Å². The van der Waals surface area contributed by atoms with E-state index < -0.39 is 23.9 Å². The number of oxime groups is 1. The molecule has 0 fully saturated rings. The summed E-state index contributed by atoms with van der Waals surface area (Å²) in [7, 11) is 1.70. The van der Waals surface area contributed by atoms with E-state index in [0.29, 0.717) is 29.1 Å². The molecule has 1 atom stereocenters. The Balaban J connectivity index is 1.53. The quantitative estimate of drug-likeness (QED) is 0.517. The van der Waals surface area contributed by atoms with Crippen molar-refractivity contribution in [3.05, 3.63) is 95.1 Å². The molecule has 0 radical (unpaired) electrons. The third-order valence-corrected chi connectivity index (χ3v) is 5.31. The average molecular weight is 469 g/mol. The highest BCUT2D eigenvalue weighted by molar-refractivity contribution is 5.99. The van der Waals surface area contributed by atoms with E-state index in [1.807, 2.05) is 12.1 Å². The Morgan fingerprint density at radius 2 is 1.79 bits per heavy atom. The molecule has 0 aromatic heterocycles. The number of amidine groups is 1. The van der Waals surface area contributed by atoms with Gasteiger partial charge in [0.25, 0.3) is 0 Å². The van der Waals surface area contributed by atoms with Gasteiger partial charge in [0.05, 0.1) is 12.1 Å². The number of aliphatic carboxylic acids is 1. The average Bonchev–Trinajstić information content (AvgIpc) is 3.29. The number of hydrogen-bond acceptors (Lipinski definition) is 5. The van der Waals surface area contributed by atoms with Crippen LogP contribution in [0.1, 0.15) is 28.5 Å². The van der Waals surface area contributed by atoms with Gasteiger partial charge in [-0.05, 0) is 35.9 Å². The zero-order chi connectivity index (χ0) is 24.3. The molecule has 4 rings (SSSR count). The number of hydrogen-bond donors (Lipinski definition) is 2. The van der Waals surface area contributed by atoms with Gasteiger partial charge in [-0.2, -0.15) is 13.2 Å². The van der Waals surface area contributed by atoms with Gasteiger partial charge in [-0.15, -0.1) is 0 Å². The third-order valence-electron chi connectivity index (χ3n) is 5.31. The second-order valence-corrected chi connectivity index (χ2v) is 8.00. The minimum atomic E-state index is -4.54. The van der Waals surface area contributed by atoms with Gasteiger partial charge in [0.1, 0.15) is 0 Å². The van der Waals surface area contributed by atoms with Crippen LogP contribution in [0.3, 0.4) is 0 Å². The minimum Gasteiger partial charge on any atom is -0.480 e. The predicted molar refractivity (Wildman–Crippen MR) is 121 cm³/mol. The fraction of sp³-hybridized carbons (Fsp3) is 0.200. The first-order chi connectivity index (χ1) is 16.2. The Kier molecular flexibility index (Phi) is 6.56. The van der Waals surface area contributed by atoms with E-state index in [1.54, 1.807) is 60.5 Å². The van der Waals surface area contributed by atoms with Crippen LogP contribution >= 0.6 is 0 Å². The van der Waals surface area contributed by atoms with E-state index in [9.17, 15) is 18.0 Å². The molecule has 1 unspecified atom stereocenters.